The zero-order chi connectivity index (χ0) is 17.3. The minimum Gasteiger partial charge on any atom is -0.331 e. The number of rotatable bonds is 2. The molecule has 0 radical (unpaired) electrons. The second kappa shape index (κ2) is 7.05. The molecule has 2 fully saturated rings. The van der Waals surface area contributed by atoms with Gasteiger partial charge in [0.2, 0.25) is 0 Å². The summed E-state index contributed by atoms with van der Waals surface area (Å²) in [5.41, 5.74) is 0.181. The van der Waals surface area contributed by atoms with Gasteiger partial charge in [-0.15, -0.1) is 0 Å². The Balaban J connectivity index is 1.68. The van der Waals surface area contributed by atoms with Crippen molar-refractivity contribution in [2.75, 3.05) is 26.7 Å². The number of hydrogen-bond acceptors (Lipinski definition) is 2. The number of nitrogens with zero attached hydrogens (tertiary/aromatic N) is 2. The van der Waals surface area contributed by atoms with Crippen LogP contribution in [0.2, 0.25) is 0 Å². The molecule has 2 aliphatic heterocycles. The van der Waals surface area contributed by atoms with Crippen molar-refractivity contribution in [2.24, 2.45) is 5.92 Å². The van der Waals surface area contributed by atoms with Gasteiger partial charge in [-0.2, -0.15) is 0 Å². The molecule has 0 spiro atoms. The molecule has 24 heavy (non-hydrogen) atoms. The maximum absolute atomic E-state index is 13.9. The number of halogens is 2. The van der Waals surface area contributed by atoms with Gasteiger partial charge in [-0.25, -0.2) is 13.6 Å². The van der Waals surface area contributed by atoms with E-state index in [-0.39, 0.29) is 17.6 Å². The van der Waals surface area contributed by atoms with Crippen LogP contribution in [0.1, 0.15) is 37.8 Å². The van der Waals surface area contributed by atoms with E-state index in [2.05, 4.69) is 17.3 Å². The molecule has 132 valence electrons. The number of fused-ring (bicyclic) bond motifs is 1. The third-order valence-electron chi connectivity index (χ3n) is 5.32. The summed E-state index contributed by atoms with van der Waals surface area (Å²) >= 11 is 0. The fourth-order valence-electron chi connectivity index (χ4n) is 4.04. The van der Waals surface area contributed by atoms with Gasteiger partial charge in [0.05, 0.1) is 6.04 Å². The molecule has 2 saturated heterocycles. The van der Waals surface area contributed by atoms with E-state index >= 15 is 0 Å². The summed E-state index contributed by atoms with van der Waals surface area (Å²) in [6.07, 6.45) is 3.11. The van der Waals surface area contributed by atoms with E-state index in [1.807, 2.05) is 4.90 Å². The number of urea groups is 1. The minimum absolute atomic E-state index is 0.176. The minimum atomic E-state index is -0.888. The molecule has 4 nitrogen and oxygen atoms in total. The summed E-state index contributed by atoms with van der Waals surface area (Å²) in [6.45, 7) is 4.42. The van der Waals surface area contributed by atoms with Crippen LogP contribution >= 0.6 is 0 Å². The second-order valence-corrected chi connectivity index (χ2v) is 7.03. The Morgan fingerprint density at radius 3 is 2.88 bits per heavy atom. The van der Waals surface area contributed by atoms with Crippen molar-refractivity contribution in [1.82, 2.24) is 15.1 Å². The van der Waals surface area contributed by atoms with Crippen LogP contribution in [-0.2, 0) is 0 Å². The largest absolute Gasteiger partial charge is 0.331 e. The van der Waals surface area contributed by atoms with E-state index in [1.165, 1.54) is 12.1 Å². The molecule has 2 amide bonds. The molecule has 2 aliphatic rings. The Morgan fingerprint density at radius 1 is 1.29 bits per heavy atom. The number of carbonyl (C=O) groups is 1. The number of nitrogens with one attached hydrogen (secondary N) is 1. The molecule has 1 N–H and O–H groups in total. The molecule has 2 heterocycles. The number of benzene rings is 1. The van der Waals surface area contributed by atoms with Crippen molar-refractivity contribution in [3.63, 3.8) is 0 Å². The van der Waals surface area contributed by atoms with E-state index in [1.54, 1.807) is 6.92 Å². The molecular formula is C18H25F2N3O. The van der Waals surface area contributed by atoms with Gasteiger partial charge in [-0.3, -0.25) is 0 Å². The molecule has 3 rings (SSSR count). The van der Waals surface area contributed by atoms with Crippen molar-refractivity contribution in [1.29, 1.82) is 0 Å². The van der Waals surface area contributed by atoms with Crippen molar-refractivity contribution >= 4 is 6.03 Å². The summed E-state index contributed by atoms with van der Waals surface area (Å²) in [5, 5.41) is 2.84. The molecule has 1 aromatic carbocycles. The fraction of sp³-hybridized carbons (Fsp3) is 0.611. The van der Waals surface area contributed by atoms with Crippen LogP contribution in [0, 0.1) is 17.6 Å². The molecule has 3 atom stereocenters. The Morgan fingerprint density at radius 2 is 2.08 bits per heavy atom. The normalized spacial score (nSPS) is 25.9. The first-order valence-corrected chi connectivity index (χ1v) is 8.67. The highest BCUT2D eigenvalue weighted by Gasteiger charge is 2.37. The highest BCUT2D eigenvalue weighted by molar-refractivity contribution is 5.75. The van der Waals surface area contributed by atoms with Gasteiger partial charge in [-0.1, -0.05) is 12.1 Å². The quantitative estimate of drug-likeness (QED) is 0.900. The predicted molar refractivity (Wildman–Crippen MR) is 88.6 cm³/mol. The van der Waals surface area contributed by atoms with E-state index in [9.17, 15) is 13.6 Å². The van der Waals surface area contributed by atoms with Gasteiger partial charge >= 0.3 is 6.03 Å². The van der Waals surface area contributed by atoms with Crippen LogP contribution in [0.3, 0.4) is 0 Å². The topological polar surface area (TPSA) is 35.6 Å². The lowest BCUT2D eigenvalue weighted by atomic mass is 9.84. The first kappa shape index (κ1) is 17.1. The molecule has 0 aliphatic carbocycles. The summed E-state index contributed by atoms with van der Waals surface area (Å²) in [7, 11) is 2.12. The molecule has 0 unspecified atom stereocenters. The van der Waals surface area contributed by atoms with Crippen LogP contribution in [-0.4, -0.2) is 48.6 Å². The van der Waals surface area contributed by atoms with Gasteiger partial charge in [0, 0.05) is 24.7 Å². The van der Waals surface area contributed by atoms with Gasteiger partial charge in [0.1, 0.15) is 0 Å². The number of likely N-dealkylation sites (tertiary alicyclic amines) is 2. The smallest absolute Gasteiger partial charge is 0.318 e. The van der Waals surface area contributed by atoms with E-state index in [4.69, 9.17) is 0 Å². The van der Waals surface area contributed by atoms with Crippen LogP contribution in [0.25, 0.3) is 0 Å². The Labute approximate surface area is 141 Å². The van der Waals surface area contributed by atoms with Crippen LogP contribution in [0.4, 0.5) is 13.6 Å². The summed E-state index contributed by atoms with van der Waals surface area (Å²) in [5.74, 6) is -1.27. The van der Waals surface area contributed by atoms with Crippen LogP contribution in [0.5, 0.6) is 0 Å². The van der Waals surface area contributed by atoms with Crippen LogP contribution < -0.4 is 5.32 Å². The lowest BCUT2D eigenvalue weighted by molar-refractivity contribution is 0.0525. The molecular weight excluding hydrogens is 312 g/mol. The predicted octanol–water partition coefficient (Wildman–Crippen LogP) is 3.15. The summed E-state index contributed by atoms with van der Waals surface area (Å²) in [4.78, 5) is 16.9. The number of carbonyl (C=O) groups excluding carboxylic acids is 1. The average molecular weight is 337 g/mol. The SMILES string of the molecule is C[C@H](NC(=O)N1CCC[C@H]2CN(C)CC[C@@H]21)c1cccc(F)c1F. The van der Waals surface area contributed by atoms with Gasteiger partial charge in [-0.05, 0) is 51.8 Å². The lowest BCUT2D eigenvalue weighted by Crippen LogP contribution is -2.57. The first-order valence-electron chi connectivity index (χ1n) is 8.67. The van der Waals surface area contributed by atoms with E-state index in [0.29, 0.717) is 5.92 Å². The van der Waals surface area contributed by atoms with Crippen molar-refractivity contribution in [2.45, 2.75) is 38.3 Å². The second-order valence-electron chi connectivity index (χ2n) is 7.03. The van der Waals surface area contributed by atoms with E-state index < -0.39 is 17.7 Å². The highest BCUT2D eigenvalue weighted by atomic mass is 19.2. The number of hydrogen-bond donors (Lipinski definition) is 1. The maximum atomic E-state index is 13.9. The third kappa shape index (κ3) is 3.38. The third-order valence-corrected chi connectivity index (χ3v) is 5.32. The number of piperidine rings is 2. The molecule has 0 saturated carbocycles. The Hall–Kier alpha value is -1.69. The Bertz CT molecular complexity index is 610. The van der Waals surface area contributed by atoms with Gasteiger partial charge in [0.15, 0.2) is 11.6 Å². The monoisotopic (exact) mass is 337 g/mol. The zero-order valence-electron chi connectivity index (χ0n) is 14.3. The molecule has 6 heteroatoms. The molecule has 1 aromatic rings. The summed E-state index contributed by atoms with van der Waals surface area (Å²) in [6, 6.07) is 3.56. The van der Waals surface area contributed by atoms with Gasteiger partial charge in [0.25, 0.3) is 0 Å². The van der Waals surface area contributed by atoms with Crippen LogP contribution in [0.15, 0.2) is 18.2 Å². The van der Waals surface area contributed by atoms with Crippen molar-refractivity contribution in [3.8, 4) is 0 Å². The average Bonchev–Trinajstić information content (AvgIpc) is 2.56. The molecule has 0 aromatic heterocycles. The lowest BCUT2D eigenvalue weighted by Gasteiger charge is -2.46. The van der Waals surface area contributed by atoms with Crippen molar-refractivity contribution < 1.29 is 13.6 Å². The summed E-state index contributed by atoms with van der Waals surface area (Å²) < 4.78 is 27.3. The standard InChI is InChI=1S/C18H25F2N3O/c1-12(14-6-3-7-15(19)17(14)20)21-18(24)23-9-4-5-13-11-22(2)10-8-16(13)23/h3,6-7,12-13,16H,4-5,8-11H2,1-2H3,(H,21,24)/t12-,13-,16-/m0/s1. The fourth-order valence-corrected chi connectivity index (χ4v) is 4.04. The highest BCUT2D eigenvalue weighted by Crippen LogP contribution is 2.30. The maximum Gasteiger partial charge on any atom is 0.318 e. The van der Waals surface area contributed by atoms with E-state index in [0.717, 1.165) is 45.0 Å². The molecule has 0 bridgehead atoms. The van der Waals surface area contributed by atoms with Crippen molar-refractivity contribution in [3.05, 3.63) is 35.4 Å². The zero-order valence-corrected chi connectivity index (χ0v) is 14.3. The van der Waals surface area contributed by atoms with Gasteiger partial charge < -0.3 is 15.1 Å². The first-order chi connectivity index (χ1) is 11.5. The Kier molecular flexibility index (Phi) is 5.04. The number of amides is 2.